The van der Waals surface area contributed by atoms with Crippen molar-refractivity contribution in [2.24, 2.45) is 0 Å². The van der Waals surface area contributed by atoms with Crippen molar-refractivity contribution in [2.45, 2.75) is 6.42 Å². The predicted molar refractivity (Wildman–Crippen MR) is 68.3 cm³/mol. The molecule has 5 heteroatoms. The molecule has 4 nitrogen and oxygen atoms in total. The van der Waals surface area contributed by atoms with Gasteiger partial charge in [-0.1, -0.05) is 11.6 Å². The van der Waals surface area contributed by atoms with E-state index in [1.54, 1.807) is 18.2 Å². The largest absolute Gasteiger partial charge is 0.452 e. The Morgan fingerprint density at radius 3 is 2.74 bits per heavy atom. The number of hydrogen-bond donors (Lipinski definition) is 0. The van der Waals surface area contributed by atoms with Crippen LogP contribution in [0, 0.1) is 22.7 Å². The fourth-order valence-electron chi connectivity index (χ4n) is 2.27. The lowest BCUT2D eigenvalue weighted by molar-refractivity contribution is 0.0981. The summed E-state index contributed by atoms with van der Waals surface area (Å²) in [6, 6.07) is 8.66. The molecule has 2 aromatic rings. The highest BCUT2D eigenvalue weighted by Crippen LogP contribution is 2.41. The van der Waals surface area contributed by atoms with Gasteiger partial charge in [-0.3, -0.25) is 4.79 Å². The zero-order chi connectivity index (χ0) is 13.6. The molecule has 0 fully saturated rings. The van der Waals surface area contributed by atoms with Crippen LogP contribution in [0.5, 0.6) is 0 Å². The number of rotatable bonds is 0. The van der Waals surface area contributed by atoms with Gasteiger partial charge in [-0.2, -0.15) is 10.5 Å². The van der Waals surface area contributed by atoms with Gasteiger partial charge in [-0.05, 0) is 12.1 Å². The number of nitriles is 2. The summed E-state index contributed by atoms with van der Waals surface area (Å²) in [5.41, 5.74) is 1.42. The van der Waals surface area contributed by atoms with Crippen LogP contribution < -0.4 is 0 Å². The molecule has 0 radical (unpaired) electrons. The molecule has 0 spiro atoms. The molecule has 1 aliphatic carbocycles. The molecular formula is C14H5ClN2O2. The minimum absolute atomic E-state index is 0.0309. The average Bonchev–Trinajstić information content (AvgIpc) is 2.90. The van der Waals surface area contributed by atoms with Gasteiger partial charge in [0.1, 0.15) is 23.3 Å². The summed E-state index contributed by atoms with van der Waals surface area (Å²) in [5, 5.41) is 19.1. The van der Waals surface area contributed by atoms with E-state index in [-0.39, 0.29) is 23.5 Å². The fraction of sp³-hybridized carbons (Fsp3) is 0.0714. The Labute approximate surface area is 113 Å². The van der Waals surface area contributed by atoms with E-state index in [1.807, 2.05) is 12.1 Å². The van der Waals surface area contributed by atoms with Crippen LogP contribution in [0.3, 0.4) is 0 Å². The van der Waals surface area contributed by atoms with Gasteiger partial charge >= 0.3 is 0 Å². The number of carbonyl (C=O) groups is 1. The third-order valence-electron chi connectivity index (χ3n) is 3.07. The van der Waals surface area contributed by atoms with Crippen LogP contribution in [-0.2, 0) is 0 Å². The highest BCUT2D eigenvalue weighted by molar-refractivity contribution is 6.31. The molecular weight excluding hydrogens is 264 g/mol. The lowest BCUT2D eigenvalue weighted by Gasteiger charge is -1.97. The second-order valence-electron chi connectivity index (χ2n) is 4.12. The quantitative estimate of drug-likeness (QED) is 0.685. The average molecular weight is 269 g/mol. The Morgan fingerprint density at radius 2 is 2.05 bits per heavy atom. The summed E-state index contributed by atoms with van der Waals surface area (Å²) in [4.78, 5) is 11.9. The van der Waals surface area contributed by atoms with Crippen LogP contribution in [-0.4, -0.2) is 5.78 Å². The maximum Gasteiger partial charge on any atom is 0.203 e. The Kier molecular flexibility index (Phi) is 2.41. The van der Waals surface area contributed by atoms with Gasteiger partial charge in [0.2, 0.25) is 5.78 Å². The van der Waals surface area contributed by atoms with Crippen molar-refractivity contribution in [1.29, 1.82) is 10.5 Å². The summed E-state index contributed by atoms with van der Waals surface area (Å²) < 4.78 is 5.49. The number of ketones is 1. The number of benzene rings is 1. The van der Waals surface area contributed by atoms with Gasteiger partial charge in [0.15, 0.2) is 5.76 Å². The minimum Gasteiger partial charge on any atom is -0.452 e. The molecule has 0 saturated heterocycles. The first-order valence-corrected chi connectivity index (χ1v) is 5.82. The first-order valence-electron chi connectivity index (χ1n) is 5.44. The van der Waals surface area contributed by atoms with Gasteiger partial charge < -0.3 is 4.42 Å². The molecule has 0 aliphatic heterocycles. The number of nitrogens with zero attached hydrogens (tertiary/aromatic N) is 2. The highest BCUT2D eigenvalue weighted by Gasteiger charge is 2.33. The zero-order valence-electron chi connectivity index (χ0n) is 9.53. The Hall–Kier alpha value is -2.56. The van der Waals surface area contributed by atoms with Gasteiger partial charge in [0.05, 0.1) is 0 Å². The van der Waals surface area contributed by atoms with Gasteiger partial charge in [-0.15, -0.1) is 0 Å². The summed E-state index contributed by atoms with van der Waals surface area (Å²) in [7, 11) is 0. The maximum atomic E-state index is 11.9. The summed E-state index contributed by atoms with van der Waals surface area (Å²) >= 11 is 5.87. The molecule has 1 heterocycles. The van der Waals surface area contributed by atoms with Crippen molar-refractivity contribution in [1.82, 2.24) is 0 Å². The molecule has 1 aromatic carbocycles. The number of allylic oxidation sites excluding steroid dienone is 2. The van der Waals surface area contributed by atoms with Crippen LogP contribution >= 0.6 is 11.6 Å². The number of fused-ring (bicyclic) bond motifs is 3. The fourth-order valence-corrected chi connectivity index (χ4v) is 2.43. The highest BCUT2D eigenvalue weighted by atomic mass is 35.5. The topological polar surface area (TPSA) is 77.8 Å². The third-order valence-corrected chi connectivity index (χ3v) is 3.30. The van der Waals surface area contributed by atoms with E-state index >= 15 is 0 Å². The number of hydrogen-bond acceptors (Lipinski definition) is 4. The van der Waals surface area contributed by atoms with Crippen molar-refractivity contribution < 1.29 is 9.21 Å². The van der Waals surface area contributed by atoms with Gasteiger partial charge in [0.25, 0.3) is 0 Å². The molecule has 19 heavy (non-hydrogen) atoms. The molecule has 1 aliphatic rings. The molecule has 0 amide bonds. The maximum absolute atomic E-state index is 11.9. The van der Waals surface area contributed by atoms with Crippen molar-refractivity contribution in [3.05, 3.63) is 40.1 Å². The van der Waals surface area contributed by atoms with Crippen molar-refractivity contribution in [3.63, 3.8) is 0 Å². The molecule has 0 atom stereocenters. The smallest absolute Gasteiger partial charge is 0.203 e. The minimum atomic E-state index is -0.222. The van der Waals surface area contributed by atoms with Crippen LogP contribution in [0.4, 0.5) is 0 Å². The van der Waals surface area contributed by atoms with E-state index in [0.29, 0.717) is 27.1 Å². The van der Waals surface area contributed by atoms with E-state index < -0.39 is 0 Å². The summed E-state index contributed by atoms with van der Waals surface area (Å²) in [6.45, 7) is 0. The van der Waals surface area contributed by atoms with Crippen molar-refractivity contribution >= 4 is 33.9 Å². The van der Waals surface area contributed by atoms with Crippen LogP contribution in [0.1, 0.15) is 22.5 Å². The first kappa shape index (κ1) is 11.5. The van der Waals surface area contributed by atoms with E-state index in [4.69, 9.17) is 26.5 Å². The van der Waals surface area contributed by atoms with Crippen LogP contribution in [0.2, 0.25) is 5.02 Å². The number of halogens is 1. The second kappa shape index (κ2) is 3.98. The van der Waals surface area contributed by atoms with Gasteiger partial charge in [0, 0.05) is 34.0 Å². The number of furan rings is 1. The summed E-state index contributed by atoms with van der Waals surface area (Å²) in [5.74, 6) is -0.0180. The normalized spacial score (nSPS) is 13.2. The Balaban J connectivity index is 2.42. The van der Waals surface area contributed by atoms with Gasteiger partial charge in [-0.25, -0.2) is 0 Å². The molecule has 0 N–H and O–H groups in total. The second-order valence-corrected chi connectivity index (χ2v) is 4.56. The van der Waals surface area contributed by atoms with Crippen molar-refractivity contribution in [3.8, 4) is 12.1 Å². The lowest BCUT2D eigenvalue weighted by Crippen LogP contribution is -1.88. The standard InChI is InChI=1S/C14H5ClN2O2/c15-8-1-2-9-12(3-8)19-14-11(18)4-10(13(9)14)7(5-16)6-17/h1-3H,4H2. The third kappa shape index (κ3) is 1.55. The Morgan fingerprint density at radius 1 is 1.32 bits per heavy atom. The molecule has 3 rings (SSSR count). The SMILES string of the molecule is N#CC(C#N)=C1CC(=O)c2oc3cc(Cl)ccc3c21. The molecule has 0 bridgehead atoms. The van der Waals surface area contributed by atoms with Crippen molar-refractivity contribution in [2.75, 3.05) is 0 Å². The monoisotopic (exact) mass is 268 g/mol. The molecule has 90 valence electrons. The zero-order valence-corrected chi connectivity index (χ0v) is 10.3. The van der Waals surface area contributed by atoms with E-state index in [2.05, 4.69) is 0 Å². The Bertz CT molecular complexity index is 831. The summed E-state index contributed by atoms with van der Waals surface area (Å²) in [6.07, 6.45) is 0.0309. The van der Waals surface area contributed by atoms with E-state index in [9.17, 15) is 4.79 Å². The number of carbonyl (C=O) groups excluding carboxylic acids is 1. The van der Waals surface area contributed by atoms with Crippen LogP contribution in [0.25, 0.3) is 16.5 Å². The van der Waals surface area contributed by atoms with Crippen LogP contribution in [0.15, 0.2) is 28.2 Å². The van der Waals surface area contributed by atoms with E-state index in [1.165, 1.54) is 0 Å². The first-order chi connectivity index (χ1) is 9.15. The predicted octanol–water partition coefficient (Wildman–Crippen LogP) is 3.47. The van der Waals surface area contributed by atoms with E-state index in [0.717, 1.165) is 0 Å². The molecule has 1 aromatic heterocycles. The molecule has 0 unspecified atom stereocenters. The lowest BCUT2D eigenvalue weighted by atomic mass is 10.0. The molecule has 0 saturated carbocycles. The number of Topliss-reactive ketones (excluding diaryl/α,β-unsaturated/α-hetero) is 1.